The van der Waals surface area contributed by atoms with Gasteiger partial charge in [-0.15, -0.1) is 0 Å². The van der Waals surface area contributed by atoms with E-state index in [1.807, 2.05) is 6.92 Å². The third-order valence-electron chi connectivity index (χ3n) is 12.0. The largest absolute Gasteiger partial charge is 0.454 e. The van der Waals surface area contributed by atoms with E-state index in [1.165, 1.54) is 26.8 Å². The Morgan fingerprint density at radius 2 is 1.65 bits per heavy atom. The van der Waals surface area contributed by atoms with Crippen LogP contribution in [0.2, 0.25) is 0 Å². The number of ether oxygens (including phenoxy) is 1. The van der Waals surface area contributed by atoms with Crippen LogP contribution in [0.25, 0.3) is 0 Å². The second kappa shape index (κ2) is 8.79. The number of ketones is 1. The molecule has 13 atom stereocenters. The lowest BCUT2D eigenvalue weighted by molar-refractivity contribution is -0.209. The summed E-state index contributed by atoms with van der Waals surface area (Å²) in [6.45, 7) is 7.69. The molecule has 0 aromatic heterocycles. The van der Waals surface area contributed by atoms with Gasteiger partial charge in [-0.1, -0.05) is 13.8 Å². The minimum atomic E-state index is -2.20. The van der Waals surface area contributed by atoms with Crippen LogP contribution >= 0.6 is 0 Å². The van der Waals surface area contributed by atoms with Gasteiger partial charge in [-0.05, 0) is 75.9 Å². The topological polar surface area (TPSA) is 205 Å². The van der Waals surface area contributed by atoms with E-state index in [4.69, 9.17) is 4.74 Å². The Labute approximate surface area is 233 Å². The van der Waals surface area contributed by atoms with Crippen molar-refractivity contribution in [3.05, 3.63) is 11.6 Å². The van der Waals surface area contributed by atoms with Crippen molar-refractivity contribution in [2.24, 2.45) is 28.6 Å². The van der Waals surface area contributed by atoms with Crippen molar-refractivity contribution in [2.45, 2.75) is 126 Å². The number of rotatable bonds is 4. The molecule has 40 heavy (non-hydrogen) atoms. The van der Waals surface area contributed by atoms with E-state index in [0.29, 0.717) is 5.57 Å². The van der Waals surface area contributed by atoms with E-state index in [-0.39, 0.29) is 37.9 Å². The van der Waals surface area contributed by atoms with Gasteiger partial charge in [-0.3, -0.25) is 4.79 Å². The van der Waals surface area contributed by atoms with Crippen molar-refractivity contribution >= 4 is 11.8 Å². The number of hydrogen-bond acceptors (Lipinski definition) is 11. The van der Waals surface area contributed by atoms with E-state index < -0.39 is 93.9 Å². The molecule has 1 saturated heterocycles. The van der Waals surface area contributed by atoms with E-state index in [1.54, 1.807) is 6.92 Å². The van der Waals surface area contributed by atoms with Gasteiger partial charge in [0.25, 0.3) is 0 Å². The zero-order valence-corrected chi connectivity index (χ0v) is 23.7. The first kappa shape index (κ1) is 30.0. The SMILES string of the molecule is CC1(C)OC(=O)C(O)C1(O)C[C@@H](O)[C@](C)(O)[C@H]1CC[C@@]2(O)C3=CC(=O)[C@@H]4C[C@@H](O)[C@@H](O)C[C@]4(C)[C@H]3[C@H](O)C[C@]12C. The molecule has 5 aliphatic rings. The van der Waals surface area contributed by atoms with Crippen LogP contribution < -0.4 is 0 Å². The van der Waals surface area contributed by atoms with Gasteiger partial charge in [0.15, 0.2) is 11.9 Å². The molecule has 0 radical (unpaired) electrons. The normalized spacial score (nSPS) is 52.1. The number of carbonyl (C=O) groups excluding carboxylic acids is 2. The molecule has 0 amide bonds. The van der Waals surface area contributed by atoms with Crippen molar-refractivity contribution in [3.8, 4) is 0 Å². The molecule has 5 rings (SSSR count). The molecule has 1 aliphatic heterocycles. The molecule has 11 nitrogen and oxygen atoms in total. The van der Waals surface area contributed by atoms with Crippen LogP contribution in [-0.4, -0.2) is 106 Å². The summed E-state index contributed by atoms with van der Waals surface area (Å²) in [4.78, 5) is 25.4. The Balaban J connectivity index is 1.50. The van der Waals surface area contributed by atoms with Crippen molar-refractivity contribution in [2.75, 3.05) is 0 Å². The maximum atomic E-state index is 13.4. The van der Waals surface area contributed by atoms with Crippen LogP contribution in [0.3, 0.4) is 0 Å². The lowest BCUT2D eigenvalue weighted by atomic mass is 9.44. The van der Waals surface area contributed by atoms with Crippen LogP contribution in [0.4, 0.5) is 0 Å². The second-order valence-electron chi connectivity index (χ2n) is 14.5. The van der Waals surface area contributed by atoms with Gasteiger partial charge in [0.05, 0.1) is 35.6 Å². The highest BCUT2D eigenvalue weighted by atomic mass is 16.6. The summed E-state index contributed by atoms with van der Waals surface area (Å²) in [6.07, 6.45) is -5.52. The van der Waals surface area contributed by atoms with Gasteiger partial charge >= 0.3 is 5.97 Å². The maximum Gasteiger partial charge on any atom is 0.338 e. The first-order valence-electron chi connectivity index (χ1n) is 14.2. The lowest BCUT2D eigenvalue weighted by Crippen LogP contribution is -2.66. The van der Waals surface area contributed by atoms with Crippen LogP contribution in [0.15, 0.2) is 11.6 Å². The summed E-state index contributed by atoms with van der Waals surface area (Å²) in [6, 6.07) is 0. The molecule has 1 heterocycles. The number of esters is 1. The zero-order valence-electron chi connectivity index (χ0n) is 23.7. The molecule has 2 unspecified atom stereocenters. The number of fused-ring (bicyclic) bond motifs is 5. The highest BCUT2D eigenvalue weighted by Gasteiger charge is 2.72. The van der Waals surface area contributed by atoms with Gasteiger partial charge in [0, 0.05) is 23.7 Å². The Morgan fingerprint density at radius 1 is 1.02 bits per heavy atom. The van der Waals surface area contributed by atoms with Crippen LogP contribution in [0, 0.1) is 28.6 Å². The summed E-state index contributed by atoms with van der Waals surface area (Å²) < 4.78 is 5.11. The Bertz CT molecular complexity index is 1130. The average Bonchev–Trinajstić information content (AvgIpc) is 3.18. The first-order valence-corrected chi connectivity index (χ1v) is 14.2. The average molecular weight is 569 g/mol. The van der Waals surface area contributed by atoms with E-state index in [9.17, 15) is 50.4 Å². The van der Waals surface area contributed by atoms with Crippen molar-refractivity contribution in [1.82, 2.24) is 0 Å². The van der Waals surface area contributed by atoms with Crippen LogP contribution in [0.1, 0.15) is 73.1 Å². The van der Waals surface area contributed by atoms with Gasteiger partial charge in [-0.25, -0.2) is 4.79 Å². The fraction of sp³-hybridized carbons (Fsp3) is 0.862. The fourth-order valence-electron chi connectivity index (χ4n) is 9.44. The Kier molecular flexibility index (Phi) is 6.60. The Morgan fingerprint density at radius 3 is 2.23 bits per heavy atom. The minimum absolute atomic E-state index is 0.0220. The van der Waals surface area contributed by atoms with Gasteiger partial charge in [0.2, 0.25) is 0 Å². The summed E-state index contributed by atoms with van der Waals surface area (Å²) >= 11 is 0. The van der Waals surface area contributed by atoms with Crippen molar-refractivity contribution in [3.63, 3.8) is 0 Å². The molecule has 11 heteroatoms. The summed E-state index contributed by atoms with van der Waals surface area (Å²) in [5, 5.41) is 89.5. The van der Waals surface area contributed by atoms with Gasteiger partial charge in [-0.2, -0.15) is 0 Å². The predicted octanol–water partition coefficient (Wildman–Crippen LogP) is -0.909. The summed E-state index contributed by atoms with van der Waals surface area (Å²) in [5.74, 6) is -3.44. The quantitative estimate of drug-likeness (QED) is 0.195. The van der Waals surface area contributed by atoms with Gasteiger partial charge in [0.1, 0.15) is 11.2 Å². The highest BCUT2D eigenvalue weighted by Crippen LogP contribution is 2.68. The molecule has 8 N–H and O–H groups in total. The van der Waals surface area contributed by atoms with Gasteiger partial charge < -0.3 is 45.6 Å². The summed E-state index contributed by atoms with van der Waals surface area (Å²) in [5.41, 5.74) is -9.11. The second-order valence-corrected chi connectivity index (χ2v) is 14.5. The number of aliphatic hydroxyl groups is 8. The van der Waals surface area contributed by atoms with E-state index in [0.717, 1.165) is 0 Å². The minimum Gasteiger partial charge on any atom is -0.454 e. The fourth-order valence-corrected chi connectivity index (χ4v) is 9.44. The third-order valence-corrected chi connectivity index (χ3v) is 12.0. The highest BCUT2D eigenvalue weighted by molar-refractivity contribution is 5.95. The molecule has 0 aromatic carbocycles. The standard InChI is InChI=1S/C29H44O11/c1-24(2)29(39,22(35)23(36)40-24)12-20(34)27(5,37)19-6-7-28(38)14-9-15(30)13-8-16(31)17(32)10-25(13,3)21(14)18(33)11-26(19,28)4/h9,13,16-22,31-35,37-39H,6-8,10-12H2,1-5H3/t13-,16+,17-,18+,19-,20+,21+,22?,25-,26+,27+,28+,29?/m0/s1. The molecule has 3 saturated carbocycles. The maximum absolute atomic E-state index is 13.4. The zero-order chi connectivity index (χ0) is 30.0. The number of allylic oxidation sites excluding steroid dienone is 1. The molecule has 4 aliphatic carbocycles. The molecule has 226 valence electrons. The molecular formula is C29H44O11. The number of cyclic esters (lactones) is 1. The molecule has 0 spiro atoms. The number of aliphatic hydroxyl groups excluding tert-OH is 5. The molecule has 0 bridgehead atoms. The van der Waals surface area contributed by atoms with E-state index >= 15 is 0 Å². The number of hydrogen-bond donors (Lipinski definition) is 8. The number of carbonyl (C=O) groups is 2. The monoisotopic (exact) mass is 568 g/mol. The predicted molar refractivity (Wildman–Crippen MR) is 138 cm³/mol. The lowest BCUT2D eigenvalue weighted by Gasteiger charge is -2.62. The van der Waals surface area contributed by atoms with Crippen LogP contribution in [-0.2, 0) is 14.3 Å². The smallest absolute Gasteiger partial charge is 0.338 e. The Hall–Kier alpha value is -1.44. The van der Waals surface area contributed by atoms with E-state index in [2.05, 4.69) is 0 Å². The summed E-state index contributed by atoms with van der Waals surface area (Å²) in [7, 11) is 0. The van der Waals surface area contributed by atoms with Crippen molar-refractivity contribution in [1.29, 1.82) is 0 Å². The third kappa shape index (κ3) is 3.65. The molecular weight excluding hydrogens is 524 g/mol. The molecule has 4 fully saturated rings. The first-order chi connectivity index (χ1) is 18.2. The van der Waals surface area contributed by atoms with Crippen molar-refractivity contribution < 1.29 is 55.2 Å². The molecule has 0 aromatic rings. The van der Waals surface area contributed by atoms with Crippen LogP contribution in [0.5, 0.6) is 0 Å².